The Hall–Kier alpha value is -1.54. The Balaban J connectivity index is 2.02. The highest BCUT2D eigenvalue weighted by Crippen LogP contribution is 2.22. The molecular formula is C19H28N2. The summed E-state index contributed by atoms with van der Waals surface area (Å²) in [6.45, 7) is 9.80. The highest BCUT2D eigenvalue weighted by molar-refractivity contribution is 5.28. The van der Waals surface area contributed by atoms with Gasteiger partial charge in [0.15, 0.2) is 0 Å². The van der Waals surface area contributed by atoms with Crippen molar-refractivity contribution in [2.45, 2.75) is 58.5 Å². The largest absolute Gasteiger partial charge is 0.350 e. The summed E-state index contributed by atoms with van der Waals surface area (Å²) in [6.07, 6.45) is 6.36. The lowest BCUT2D eigenvalue weighted by molar-refractivity contribution is 0.590. The molecule has 21 heavy (non-hydrogen) atoms. The molecule has 1 aromatic heterocycles. The minimum absolute atomic E-state index is 0.218. The number of hydrogen-bond acceptors (Lipinski definition) is 1. The van der Waals surface area contributed by atoms with E-state index < -0.39 is 0 Å². The van der Waals surface area contributed by atoms with E-state index in [-0.39, 0.29) is 11.5 Å². The van der Waals surface area contributed by atoms with Crippen LogP contribution in [-0.4, -0.2) is 10.6 Å². The van der Waals surface area contributed by atoms with Crippen LogP contribution < -0.4 is 5.73 Å². The van der Waals surface area contributed by atoms with Crippen molar-refractivity contribution in [3.05, 3.63) is 59.4 Å². The Morgan fingerprint density at radius 1 is 1.05 bits per heavy atom. The summed E-state index contributed by atoms with van der Waals surface area (Å²) in [5, 5.41) is 0. The van der Waals surface area contributed by atoms with E-state index in [4.69, 9.17) is 5.73 Å². The van der Waals surface area contributed by atoms with Crippen molar-refractivity contribution in [2.75, 3.05) is 0 Å². The molecule has 0 bridgehead atoms. The lowest BCUT2D eigenvalue weighted by Gasteiger charge is -2.19. The molecule has 0 aliphatic heterocycles. The van der Waals surface area contributed by atoms with Crippen LogP contribution in [0.25, 0.3) is 0 Å². The molecule has 0 aliphatic carbocycles. The first kappa shape index (κ1) is 15.8. The molecule has 1 unspecified atom stereocenters. The molecule has 0 saturated heterocycles. The molecule has 0 spiro atoms. The normalized spacial score (nSPS) is 13.4. The molecule has 1 atom stereocenters. The van der Waals surface area contributed by atoms with Crippen LogP contribution in [0.15, 0.2) is 42.7 Å². The first-order valence-corrected chi connectivity index (χ1v) is 7.88. The van der Waals surface area contributed by atoms with Crippen LogP contribution in [-0.2, 0) is 18.4 Å². The predicted molar refractivity (Wildman–Crippen MR) is 90.6 cm³/mol. The summed E-state index contributed by atoms with van der Waals surface area (Å²) >= 11 is 0. The SMILES string of the molecule is CCC(N)Cc1ccn(Cc2ccc(C(C)(C)C)cc2)c1. The van der Waals surface area contributed by atoms with Gasteiger partial charge >= 0.3 is 0 Å². The third-order valence-corrected chi connectivity index (χ3v) is 4.02. The Bertz CT molecular complexity index is 558. The van der Waals surface area contributed by atoms with Crippen molar-refractivity contribution < 1.29 is 0 Å². The number of rotatable bonds is 5. The molecule has 1 aromatic carbocycles. The Morgan fingerprint density at radius 3 is 2.29 bits per heavy atom. The summed E-state index contributed by atoms with van der Waals surface area (Å²) in [4.78, 5) is 0. The first-order valence-electron chi connectivity index (χ1n) is 7.88. The van der Waals surface area contributed by atoms with Crippen LogP contribution in [0, 0.1) is 0 Å². The summed E-state index contributed by atoms with van der Waals surface area (Å²) in [7, 11) is 0. The number of hydrogen-bond donors (Lipinski definition) is 1. The third kappa shape index (κ3) is 4.47. The van der Waals surface area contributed by atoms with E-state index in [2.05, 4.69) is 75.0 Å². The number of aromatic nitrogens is 1. The Morgan fingerprint density at radius 2 is 1.71 bits per heavy atom. The van der Waals surface area contributed by atoms with Crippen molar-refractivity contribution in [2.24, 2.45) is 5.73 Å². The molecule has 2 rings (SSSR count). The number of nitrogens with two attached hydrogens (primary N) is 1. The van der Waals surface area contributed by atoms with E-state index in [9.17, 15) is 0 Å². The van der Waals surface area contributed by atoms with Gasteiger partial charge in [0, 0.05) is 25.0 Å². The van der Waals surface area contributed by atoms with Crippen LogP contribution in [0.1, 0.15) is 50.8 Å². The van der Waals surface area contributed by atoms with E-state index in [0.29, 0.717) is 0 Å². The molecule has 0 amide bonds. The van der Waals surface area contributed by atoms with Gasteiger partial charge in [-0.1, -0.05) is 52.0 Å². The number of nitrogens with zero attached hydrogens (tertiary/aromatic N) is 1. The molecule has 0 radical (unpaired) electrons. The Labute approximate surface area is 129 Å². The summed E-state index contributed by atoms with van der Waals surface area (Å²) in [5.41, 5.74) is 10.3. The van der Waals surface area contributed by atoms with Gasteiger partial charge in [-0.05, 0) is 41.0 Å². The quantitative estimate of drug-likeness (QED) is 0.880. The molecule has 0 fully saturated rings. The number of benzene rings is 1. The fourth-order valence-electron chi connectivity index (χ4n) is 2.48. The van der Waals surface area contributed by atoms with Crippen LogP contribution in [0.5, 0.6) is 0 Å². The highest BCUT2D eigenvalue weighted by Gasteiger charge is 2.12. The smallest absolute Gasteiger partial charge is 0.0470 e. The minimum atomic E-state index is 0.218. The standard InChI is InChI=1S/C19H28N2/c1-5-18(20)12-16-10-11-21(14-16)13-15-6-8-17(9-7-15)19(2,3)4/h6-11,14,18H,5,12-13,20H2,1-4H3. The minimum Gasteiger partial charge on any atom is -0.350 e. The second-order valence-corrected chi connectivity index (χ2v) is 7.01. The van der Waals surface area contributed by atoms with Crippen molar-refractivity contribution >= 4 is 0 Å². The zero-order valence-corrected chi connectivity index (χ0v) is 13.8. The lowest BCUT2D eigenvalue weighted by Crippen LogP contribution is -2.21. The van der Waals surface area contributed by atoms with E-state index in [0.717, 1.165) is 19.4 Å². The van der Waals surface area contributed by atoms with Gasteiger partial charge in [0.2, 0.25) is 0 Å². The zero-order valence-electron chi connectivity index (χ0n) is 13.8. The van der Waals surface area contributed by atoms with Crippen LogP contribution in [0.3, 0.4) is 0 Å². The maximum Gasteiger partial charge on any atom is 0.0470 e. The maximum atomic E-state index is 6.01. The summed E-state index contributed by atoms with van der Waals surface area (Å²) < 4.78 is 2.24. The van der Waals surface area contributed by atoms with Gasteiger partial charge in [0.05, 0.1) is 0 Å². The highest BCUT2D eigenvalue weighted by atomic mass is 14.9. The van der Waals surface area contributed by atoms with Gasteiger partial charge in [-0.25, -0.2) is 0 Å². The fourth-order valence-corrected chi connectivity index (χ4v) is 2.48. The molecule has 2 N–H and O–H groups in total. The molecular weight excluding hydrogens is 256 g/mol. The average molecular weight is 284 g/mol. The van der Waals surface area contributed by atoms with Crippen molar-refractivity contribution in [1.29, 1.82) is 0 Å². The first-order chi connectivity index (χ1) is 9.88. The molecule has 2 aromatic rings. The summed E-state index contributed by atoms with van der Waals surface area (Å²) in [6, 6.07) is 11.4. The monoisotopic (exact) mass is 284 g/mol. The average Bonchev–Trinajstić information content (AvgIpc) is 2.85. The van der Waals surface area contributed by atoms with Crippen LogP contribution in [0.4, 0.5) is 0 Å². The third-order valence-electron chi connectivity index (χ3n) is 4.02. The second-order valence-electron chi connectivity index (χ2n) is 7.01. The van der Waals surface area contributed by atoms with Crippen molar-refractivity contribution in [1.82, 2.24) is 4.57 Å². The van der Waals surface area contributed by atoms with Gasteiger partial charge in [0.1, 0.15) is 0 Å². The van der Waals surface area contributed by atoms with Gasteiger partial charge in [-0.3, -0.25) is 0 Å². The zero-order chi connectivity index (χ0) is 15.5. The molecule has 0 aliphatic rings. The van der Waals surface area contributed by atoms with E-state index in [1.807, 2.05) is 0 Å². The van der Waals surface area contributed by atoms with E-state index in [1.165, 1.54) is 16.7 Å². The van der Waals surface area contributed by atoms with Crippen molar-refractivity contribution in [3.8, 4) is 0 Å². The lowest BCUT2D eigenvalue weighted by atomic mass is 9.87. The van der Waals surface area contributed by atoms with Crippen LogP contribution >= 0.6 is 0 Å². The van der Waals surface area contributed by atoms with Gasteiger partial charge in [0.25, 0.3) is 0 Å². The van der Waals surface area contributed by atoms with Gasteiger partial charge < -0.3 is 10.3 Å². The topological polar surface area (TPSA) is 30.9 Å². The van der Waals surface area contributed by atoms with Crippen molar-refractivity contribution in [3.63, 3.8) is 0 Å². The predicted octanol–water partition coefficient (Wildman–Crippen LogP) is 4.11. The van der Waals surface area contributed by atoms with E-state index in [1.54, 1.807) is 0 Å². The van der Waals surface area contributed by atoms with E-state index >= 15 is 0 Å². The van der Waals surface area contributed by atoms with Gasteiger partial charge in [-0.15, -0.1) is 0 Å². The molecule has 114 valence electrons. The molecule has 2 nitrogen and oxygen atoms in total. The fraction of sp³-hybridized carbons (Fsp3) is 0.474. The molecule has 0 saturated carbocycles. The second kappa shape index (κ2) is 6.48. The summed E-state index contributed by atoms with van der Waals surface area (Å²) in [5.74, 6) is 0. The van der Waals surface area contributed by atoms with Gasteiger partial charge in [-0.2, -0.15) is 0 Å². The molecule has 1 heterocycles. The molecule has 2 heteroatoms. The Kier molecular flexibility index (Phi) is 4.89. The van der Waals surface area contributed by atoms with Crippen LogP contribution in [0.2, 0.25) is 0 Å². The maximum absolute atomic E-state index is 6.01.